The van der Waals surface area contributed by atoms with Crippen LogP contribution in [0.3, 0.4) is 0 Å². The molecule has 0 bridgehead atoms. The number of benzene rings is 1. The summed E-state index contributed by atoms with van der Waals surface area (Å²) in [4.78, 5) is 25.1. The van der Waals surface area contributed by atoms with Crippen LogP contribution in [-0.2, 0) is 19.4 Å². The summed E-state index contributed by atoms with van der Waals surface area (Å²) in [6, 6.07) is 6.68. The quantitative estimate of drug-likeness (QED) is 0.806. The number of anilines is 1. The molecule has 114 valence electrons. The molecule has 2 amide bonds. The van der Waals surface area contributed by atoms with Crippen molar-refractivity contribution >= 4 is 28.2 Å². The Kier molecular flexibility index (Phi) is 3.96. The van der Waals surface area contributed by atoms with E-state index in [9.17, 15) is 9.59 Å². The molecule has 0 saturated carbocycles. The maximum absolute atomic E-state index is 12.3. The third kappa shape index (κ3) is 2.63. The van der Waals surface area contributed by atoms with Crippen LogP contribution < -0.4 is 11.1 Å². The van der Waals surface area contributed by atoms with Crippen LogP contribution in [0, 0.1) is 0 Å². The minimum atomic E-state index is -0.495. The van der Waals surface area contributed by atoms with Gasteiger partial charge >= 0.3 is 0 Å². The highest BCUT2D eigenvalue weighted by molar-refractivity contribution is 7.17. The van der Waals surface area contributed by atoms with Crippen LogP contribution in [-0.4, -0.2) is 16.9 Å². The summed E-state index contributed by atoms with van der Waals surface area (Å²) in [5.74, 6) is -0.780. The van der Waals surface area contributed by atoms with Crippen LogP contribution >= 0.6 is 11.3 Å². The van der Waals surface area contributed by atoms with Gasteiger partial charge < -0.3 is 16.2 Å². The zero-order chi connectivity index (χ0) is 15.7. The Bertz CT molecular complexity index is 735. The minimum absolute atomic E-state index is 0.0641. The smallest absolute Gasteiger partial charge is 0.256 e. The topological polar surface area (TPSA) is 92.4 Å². The average molecular weight is 316 g/mol. The van der Waals surface area contributed by atoms with Gasteiger partial charge in [-0.1, -0.05) is 12.1 Å². The molecule has 1 heterocycles. The second kappa shape index (κ2) is 5.90. The van der Waals surface area contributed by atoms with E-state index in [1.54, 1.807) is 24.3 Å². The average Bonchev–Trinajstić information content (AvgIpc) is 3.07. The van der Waals surface area contributed by atoms with Crippen LogP contribution in [0.5, 0.6) is 0 Å². The van der Waals surface area contributed by atoms with E-state index in [0.717, 1.165) is 35.3 Å². The summed E-state index contributed by atoms with van der Waals surface area (Å²) in [6.45, 7) is -0.0641. The molecular weight excluding hydrogens is 300 g/mol. The van der Waals surface area contributed by atoms with E-state index >= 15 is 0 Å². The van der Waals surface area contributed by atoms with Crippen molar-refractivity contribution in [3.05, 3.63) is 51.4 Å². The van der Waals surface area contributed by atoms with Crippen molar-refractivity contribution in [2.45, 2.75) is 25.9 Å². The van der Waals surface area contributed by atoms with Crippen LogP contribution in [0.2, 0.25) is 0 Å². The molecule has 2 aromatic rings. The number of nitrogens with two attached hydrogens (primary N) is 1. The summed E-state index contributed by atoms with van der Waals surface area (Å²) in [6.07, 6.45) is 2.80. The van der Waals surface area contributed by atoms with Gasteiger partial charge in [-0.15, -0.1) is 11.3 Å². The number of aryl methyl sites for hydroxylation is 1. The van der Waals surface area contributed by atoms with Gasteiger partial charge in [0.15, 0.2) is 0 Å². The number of rotatable bonds is 4. The molecule has 4 N–H and O–H groups in total. The van der Waals surface area contributed by atoms with Crippen LogP contribution in [0.4, 0.5) is 5.00 Å². The molecule has 22 heavy (non-hydrogen) atoms. The SMILES string of the molecule is NC(=O)c1c(NC(=O)c2ccc(CO)cc2)sc2c1CCC2. The Balaban J connectivity index is 1.86. The number of nitrogens with one attached hydrogen (secondary N) is 1. The molecule has 5 nitrogen and oxygen atoms in total. The zero-order valence-electron chi connectivity index (χ0n) is 11.9. The van der Waals surface area contributed by atoms with Crippen molar-refractivity contribution in [3.8, 4) is 0 Å². The summed E-state index contributed by atoms with van der Waals surface area (Å²) >= 11 is 1.43. The number of aliphatic hydroxyl groups excluding tert-OH is 1. The van der Waals surface area contributed by atoms with Crippen molar-refractivity contribution in [1.82, 2.24) is 0 Å². The first-order valence-corrected chi connectivity index (χ1v) is 7.87. The highest BCUT2D eigenvalue weighted by Gasteiger charge is 2.26. The van der Waals surface area contributed by atoms with Gasteiger partial charge in [-0.3, -0.25) is 9.59 Å². The van der Waals surface area contributed by atoms with Gasteiger partial charge in [0, 0.05) is 10.4 Å². The molecule has 1 aromatic carbocycles. The Labute approximate surface area is 131 Å². The third-order valence-corrected chi connectivity index (χ3v) is 5.00. The van der Waals surface area contributed by atoms with Crippen molar-refractivity contribution < 1.29 is 14.7 Å². The second-order valence-electron chi connectivity index (χ2n) is 5.23. The lowest BCUT2D eigenvalue weighted by Gasteiger charge is -2.06. The molecule has 0 aliphatic heterocycles. The number of aliphatic hydroxyl groups is 1. The summed E-state index contributed by atoms with van der Waals surface area (Å²) in [5, 5.41) is 12.3. The molecule has 0 unspecified atom stereocenters. The van der Waals surface area contributed by atoms with Crippen molar-refractivity contribution in [2.24, 2.45) is 5.73 Å². The van der Waals surface area contributed by atoms with E-state index in [1.807, 2.05) is 0 Å². The predicted octanol–water partition coefficient (Wildman–Crippen LogP) is 2.08. The molecule has 0 atom stereocenters. The molecule has 1 aliphatic carbocycles. The monoisotopic (exact) mass is 316 g/mol. The van der Waals surface area contributed by atoms with Crippen molar-refractivity contribution in [3.63, 3.8) is 0 Å². The van der Waals surface area contributed by atoms with Gasteiger partial charge in [0.25, 0.3) is 11.8 Å². The van der Waals surface area contributed by atoms with Crippen LogP contribution in [0.25, 0.3) is 0 Å². The Hall–Kier alpha value is -2.18. The standard InChI is InChI=1S/C16H16N2O3S/c17-14(20)13-11-2-1-3-12(11)22-16(13)18-15(21)10-6-4-9(8-19)5-7-10/h4-7,19H,1-3,8H2,(H2,17,20)(H,18,21). The summed E-state index contributed by atoms with van der Waals surface area (Å²) < 4.78 is 0. The van der Waals surface area contributed by atoms with Crippen molar-refractivity contribution in [2.75, 3.05) is 5.32 Å². The lowest BCUT2D eigenvalue weighted by atomic mass is 10.1. The molecule has 1 aliphatic rings. The number of thiophene rings is 1. The summed E-state index contributed by atoms with van der Waals surface area (Å²) in [5.41, 5.74) is 8.13. The normalized spacial score (nSPS) is 13.0. The Morgan fingerprint density at radius 2 is 1.95 bits per heavy atom. The van der Waals surface area contributed by atoms with Gasteiger partial charge in [-0.2, -0.15) is 0 Å². The van der Waals surface area contributed by atoms with E-state index in [1.165, 1.54) is 11.3 Å². The number of carbonyl (C=O) groups is 2. The third-order valence-electron chi connectivity index (χ3n) is 3.79. The molecule has 0 fully saturated rings. The van der Waals surface area contributed by atoms with Crippen molar-refractivity contribution in [1.29, 1.82) is 0 Å². The van der Waals surface area contributed by atoms with Crippen LogP contribution in [0.15, 0.2) is 24.3 Å². The number of hydrogen-bond donors (Lipinski definition) is 3. The van der Waals surface area contributed by atoms with Gasteiger partial charge in [0.05, 0.1) is 12.2 Å². The van der Waals surface area contributed by atoms with Gasteiger partial charge in [0.1, 0.15) is 5.00 Å². The van der Waals surface area contributed by atoms with E-state index in [4.69, 9.17) is 10.8 Å². The Morgan fingerprint density at radius 3 is 2.59 bits per heavy atom. The second-order valence-corrected chi connectivity index (χ2v) is 6.34. The van der Waals surface area contributed by atoms with Gasteiger partial charge in [0.2, 0.25) is 0 Å². The van der Waals surface area contributed by atoms with E-state index in [2.05, 4.69) is 5.32 Å². The predicted molar refractivity (Wildman–Crippen MR) is 85.2 cm³/mol. The van der Waals surface area contributed by atoms with E-state index in [0.29, 0.717) is 16.1 Å². The summed E-state index contributed by atoms with van der Waals surface area (Å²) in [7, 11) is 0. The molecule has 6 heteroatoms. The van der Waals surface area contributed by atoms with E-state index in [-0.39, 0.29) is 12.5 Å². The first kappa shape index (κ1) is 14.7. The highest BCUT2D eigenvalue weighted by Crippen LogP contribution is 2.38. The molecule has 0 radical (unpaired) electrons. The fraction of sp³-hybridized carbons (Fsp3) is 0.250. The minimum Gasteiger partial charge on any atom is -0.392 e. The fourth-order valence-electron chi connectivity index (χ4n) is 2.69. The fourth-order valence-corrected chi connectivity index (χ4v) is 3.98. The van der Waals surface area contributed by atoms with Crippen LogP contribution in [0.1, 0.15) is 43.1 Å². The van der Waals surface area contributed by atoms with Gasteiger partial charge in [-0.25, -0.2) is 0 Å². The van der Waals surface area contributed by atoms with E-state index < -0.39 is 5.91 Å². The lowest BCUT2D eigenvalue weighted by molar-refractivity contribution is 0.100. The number of fused-ring (bicyclic) bond motifs is 1. The number of primary amides is 1. The molecular formula is C16H16N2O3S. The molecule has 1 aromatic heterocycles. The maximum atomic E-state index is 12.3. The molecule has 0 saturated heterocycles. The number of carbonyl (C=O) groups excluding carboxylic acids is 2. The lowest BCUT2D eigenvalue weighted by Crippen LogP contribution is -2.17. The highest BCUT2D eigenvalue weighted by atomic mass is 32.1. The number of amides is 2. The Morgan fingerprint density at radius 1 is 1.23 bits per heavy atom. The molecule has 3 rings (SSSR count). The number of hydrogen-bond acceptors (Lipinski definition) is 4. The first-order valence-electron chi connectivity index (χ1n) is 7.05. The zero-order valence-corrected chi connectivity index (χ0v) is 12.7. The largest absolute Gasteiger partial charge is 0.392 e. The first-order chi connectivity index (χ1) is 10.6. The molecule has 0 spiro atoms. The maximum Gasteiger partial charge on any atom is 0.256 e. The van der Waals surface area contributed by atoms with Gasteiger partial charge in [-0.05, 0) is 42.5 Å².